The van der Waals surface area contributed by atoms with Gasteiger partial charge < -0.3 is 10.3 Å². The maximum absolute atomic E-state index is 10.6. The molecule has 1 aromatic carbocycles. The number of aromatic nitrogens is 2. The van der Waals surface area contributed by atoms with Gasteiger partial charge in [-0.15, -0.1) is 0 Å². The van der Waals surface area contributed by atoms with Gasteiger partial charge in [0.15, 0.2) is 0 Å². The summed E-state index contributed by atoms with van der Waals surface area (Å²) in [6, 6.07) is 5.67. The Morgan fingerprint density at radius 1 is 1.40 bits per heavy atom. The van der Waals surface area contributed by atoms with E-state index in [1.807, 2.05) is 13.8 Å². The van der Waals surface area contributed by atoms with E-state index in [0.29, 0.717) is 17.3 Å². The van der Waals surface area contributed by atoms with Gasteiger partial charge >= 0.3 is 0 Å². The largest absolute Gasteiger partial charge is 0.337 e. The Kier molecular flexibility index (Phi) is 4.09. The van der Waals surface area contributed by atoms with E-state index >= 15 is 0 Å². The number of non-ortho nitro benzene ring substituents is 1. The highest BCUT2D eigenvalue weighted by atomic mass is 16.6. The molecule has 2 atom stereocenters. The third kappa shape index (κ3) is 2.83. The van der Waals surface area contributed by atoms with Crippen LogP contribution in [0.5, 0.6) is 0 Å². The van der Waals surface area contributed by atoms with Crippen molar-refractivity contribution in [1.29, 1.82) is 0 Å². The van der Waals surface area contributed by atoms with Crippen molar-refractivity contribution in [2.45, 2.75) is 26.3 Å². The molecule has 0 aliphatic heterocycles. The Hall–Kier alpha value is -2.28. The van der Waals surface area contributed by atoms with E-state index in [2.05, 4.69) is 10.1 Å². The van der Waals surface area contributed by atoms with Crippen molar-refractivity contribution in [2.24, 2.45) is 11.7 Å². The van der Waals surface area contributed by atoms with Gasteiger partial charge in [-0.3, -0.25) is 10.1 Å². The SMILES string of the molecule is CC[C@H](C)[C@H](N)c1nc(-c2ccc([N+](=O)[O-])cc2)no1. The zero-order chi connectivity index (χ0) is 14.7. The molecule has 7 nitrogen and oxygen atoms in total. The Labute approximate surface area is 115 Å². The molecule has 7 heteroatoms. The van der Waals surface area contributed by atoms with Crippen molar-refractivity contribution >= 4 is 5.69 Å². The molecule has 0 fully saturated rings. The van der Waals surface area contributed by atoms with Gasteiger partial charge in [-0.1, -0.05) is 25.4 Å². The maximum Gasteiger partial charge on any atom is 0.269 e. The van der Waals surface area contributed by atoms with Gasteiger partial charge in [0.25, 0.3) is 5.69 Å². The van der Waals surface area contributed by atoms with Crippen LogP contribution in [0.1, 0.15) is 32.2 Å². The molecule has 106 valence electrons. The summed E-state index contributed by atoms with van der Waals surface area (Å²) in [6.45, 7) is 4.05. The molecule has 0 bridgehead atoms. The van der Waals surface area contributed by atoms with Crippen molar-refractivity contribution < 1.29 is 9.45 Å². The lowest BCUT2D eigenvalue weighted by molar-refractivity contribution is -0.384. The number of nitro benzene ring substituents is 1. The first-order valence-electron chi connectivity index (χ1n) is 6.37. The topological polar surface area (TPSA) is 108 Å². The lowest BCUT2D eigenvalue weighted by atomic mass is 10.0. The fourth-order valence-corrected chi connectivity index (χ4v) is 1.72. The average molecular weight is 276 g/mol. The highest BCUT2D eigenvalue weighted by molar-refractivity contribution is 5.56. The van der Waals surface area contributed by atoms with E-state index in [4.69, 9.17) is 10.3 Å². The maximum atomic E-state index is 10.6. The van der Waals surface area contributed by atoms with Crippen molar-refractivity contribution in [3.8, 4) is 11.4 Å². The first-order chi connectivity index (χ1) is 9.52. The third-order valence-corrected chi connectivity index (χ3v) is 3.32. The van der Waals surface area contributed by atoms with Crippen LogP contribution in [0.2, 0.25) is 0 Å². The summed E-state index contributed by atoms with van der Waals surface area (Å²) in [5.41, 5.74) is 6.70. The molecule has 0 radical (unpaired) electrons. The summed E-state index contributed by atoms with van der Waals surface area (Å²) >= 11 is 0. The van der Waals surface area contributed by atoms with Crippen LogP contribution in [0, 0.1) is 16.0 Å². The lowest BCUT2D eigenvalue weighted by Crippen LogP contribution is -2.18. The second kappa shape index (κ2) is 5.79. The highest BCUT2D eigenvalue weighted by Gasteiger charge is 2.20. The Bertz CT molecular complexity index is 594. The fraction of sp³-hybridized carbons (Fsp3) is 0.385. The molecule has 0 saturated carbocycles. The Morgan fingerprint density at radius 3 is 2.60 bits per heavy atom. The van der Waals surface area contributed by atoms with E-state index in [9.17, 15) is 10.1 Å². The minimum atomic E-state index is -0.454. The molecule has 20 heavy (non-hydrogen) atoms. The van der Waals surface area contributed by atoms with Crippen molar-refractivity contribution in [3.05, 3.63) is 40.3 Å². The third-order valence-electron chi connectivity index (χ3n) is 3.32. The molecule has 0 amide bonds. The van der Waals surface area contributed by atoms with E-state index in [1.165, 1.54) is 12.1 Å². The molecular weight excluding hydrogens is 260 g/mol. The first-order valence-corrected chi connectivity index (χ1v) is 6.37. The zero-order valence-electron chi connectivity index (χ0n) is 11.3. The van der Waals surface area contributed by atoms with Crippen LogP contribution in [0.25, 0.3) is 11.4 Å². The minimum absolute atomic E-state index is 0.0220. The number of hydrogen-bond donors (Lipinski definition) is 1. The Morgan fingerprint density at radius 2 is 2.05 bits per heavy atom. The fourth-order valence-electron chi connectivity index (χ4n) is 1.72. The molecule has 2 aromatic rings. The number of nitro groups is 1. The van der Waals surface area contributed by atoms with Crippen LogP contribution in [-0.2, 0) is 0 Å². The van der Waals surface area contributed by atoms with Crippen LogP contribution < -0.4 is 5.73 Å². The normalized spacial score (nSPS) is 13.9. The van der Waals surface area contributed by atoms with Gasteiger partial charge in [0.2, 0.25) is 11.7 Å². The molecule has 0 aliphatic rings. The second-order valence-corrected chi connectivity index (χ2v) is 4.67. The van der Waals surface area contributed by atoms with Gasteiger partial charge in [0.05, 0.1) is 11.0 Å². The zero-order valence-corrected chi connectivity index (χ0v) is 11.3. The summed E-state index contributed by atoms with van der Waals surface area (Å²) < 4.78 is 5.16. The van der Waals surface area contributed by atoms with Crippen LogP contribution in [0.4, 0.5) is 5.69 Å². The standard InChI is InChI=1S/C13H16N4O3/c1-3-8(2)11(14)13-15-12(16-20-13)9-4-6-10(7-5-9)17(18)19/h4-8,11H,3,14H2,1-2H3/t8-,11-/m0/s1. The molecule has 0 aliphatic carbocycles. The van der Waals surface area contributed by atoms with Gasteiger partial charge in [-0.05, 0) is 18.1 Å². The Balaban J connectivity index is 2.22. The summed E-state index contributed by atoms with van der Waals surface area (Å²) in [5.74, 6) is 1.00. The van der Waals surface area contributed by atoms with Crippen LogP contribution in [0.3, 0.4) is 0 Å². The van der Waals surface area contributed by atoms with Crippen molar-refractivity contribution in [1.82, 2.24) is 10.1 Å². The van der Waals surface area contributed by atoms with Gasteiger partial charge in [0, 0.05) is 17.7 Å². The molecule has 2 N–H and O–H groups in total. The molecule has 1 aromatic heterocycles. The second-order valence-electron chi connectivity index (χ2n) is 4.67. The summed E-state index contributed by atoms with van der Waals surface area (Å²) in [5, 5.41) is 14.5. The number of rotatable bonds is 5. The monoisotopic (exact) mass is 276 g/mol. The van der Waals surface area contributed by atoms with Crippen molar-refractivity contribution in [3.63, 3.8) is 0 Å². The quantitative estimate of drug-likeness (QED) is 0.664. The van der Waals surface area contributed by atoms with E-state index in [0.717, 1.165) is 6.42 Å². The summed E-state index contributed by atoms with van der Waals surface area (Å²) in [4.78, 5) is 14.4. The summed E-state index contributed by atoms with van der Waals surface area (Å²) in [7, 11) is 0. The number of hydrogen-bond acceptors (Lipinski definition) is 6. The lowest BCUT2D eigenvalue weighted by Gasteiger charge is -2.12. The smallest absolute Gasteiger partial charge is 0.269 e. The highest BCUT2D eigenvalue weighted by Crippen LogP contribution is 2.24. The van der Waals surface area contributed by atoms with Crippen LogP contribution >= 0.6 is 0 Å². The van der Waals surface area contributed by atoms with Gasteiger partial charge in [-0.25, -0.2) is 0 Å². The molecule has 0 saturated heterocycles. The number of nitrogens with zero attached hydrogens (tertiary/aromatic N) is 3. The summed E-state index contributed by atoms with van der Waals surface area (Å²) in [6.07, 6.45) is 0.913. The van der Waals surface area contributed by atoms with Gasteiger partial charge in [0.1, 0.15) is 0 Å². The van der Waals surface area contributed by atoms with Crippen molar-refractivity contribution in [2.75, 3.05) is 0 Å². The average Bonchev–Trinajstić information content (AvgIpc) is 2.95. The molecule has 0 spiro atoms. The molecule has 2 rings (SSSR count). The number of benzene rings is 1. The predicted molar refractivity (Wildman–Crippen MR) is 72.8 cm³/mol. The van der Waals surface area contributed by atoms with Crippen LogP contribution in [0.15, 0.2) is 28.8 Å². The van der Waals surface area contributed by atoms with E-state index in [1.54, 1.807) is 12.1 Å². The first kappa shape index (κ1) is 14.1. The van der Waals surface area contributed by atoms with Gasteiger partial charge in [-0.2, -0.15) is 4.98 Å². The predicted octanol–water partition coefficient (Wildman–Crippen LogP) is 2.69. The van der Waals surface area contributed by atoms with E-state index in [-0.39, 0.29) is 17.6 Å². The number of nitrogens with two attached hydrogens (primary N) is 1. The molecular formula is C13H16N4O3. The molecule has 1 heterocycles. The van der Waals surface area contributed by atoms with E-state index < -0.39 is 4.92 Å². The minimum Gasteiger partial charge on any atom is -0.337 e. The van der Waals surface area contributed by atoms with Crippen LogP contribution in [-0.4, -0.2) is 15.1 Å². The molecule has 0 unspecified atom stereocenters.